The van der Waals surface area contributed by atoms with Crippen LogP contribution in [0.5, 0.6) is 0 Å². The highest BCUT2D eigenvalue weighted by molar-refractivity contribution is 5.95. The molecule has 1 aliphatic carbocycles. The van der Waals surface area contributed by atoms with Crippen LogP contribution in [0.3, 0.4) is 0 Å². The number of benzene rings is 2. The summed E-state index contributed by atoms with van der Waals surface area (Å²) >= 11 is 0. The summed E-state index contributed by atoms with van der Waals surface area (Å²) in [4.78, 5) is 14.8. The molecule has 1 aliphatic heterocycles. The van der Waals surface area contributed by atoms with E-state index in [1.165, 1.54) is 25.0 Å². The molecule has 2 fully saturated rings. The smallest absolute Gasteiger partial charge is 0.254 e. The number of halogens is 1. The van der Waals surface area contributed by atoms with Crippen molar-refractivity contribution in [3.63, 3.8) is 0 Å². The third-order valence-electron chi connectivity index (χ3n) is 5.14. The van der Waals surface area contributed by atoms with Gasteiger partial charge in [0.1, 0.15) is 5.82 Å². The van der Waals surface area contributed by atoms with Gasteiger partial charge in [-0.3, -0.25) is 4.79 Å². The molecule has 2 aliphatic rings. The Hall–Kier alpha value is -2.20. The van der Waals surface area contributed by atoms with Crippen LogP contribution < -0.4 is 0 Å². The predicted molar refractivity (Wildman–Crippen MR) is 94.9 cm³/mol. The summed E-state index contributed by atoms with van der Waals surface area (Å²) in [6, 6.07) is 12.4. The van der Waals surface area contributed by atoms with Gasteiger partial charge in [0, 0.05) is 18.7 Å². The van der Waals surface area contributed by atoms with Gasteiger partial charge in [-0.2, -0.15) is 0 Å². The van der Waals surface area contributed by atoms with E-state index in [1.807, 2.05) is 36.1 Å². The van der Waals surface area contributed by atoms with Crippen LogP contribution in [0.2, 0.25) is 0 Å². The minimum Gasteiger partial charge on any atom is -0.374 e. The molecule has 1 heterocycles. The number of aryl methyl sites for hydroxylation is 1. The van der Waals surface area contributed by atoms with Crippen LogP contribution in [0.4, 0.5) is 4.39 Å². The number of carbonyl (C=O) groups excluding carboxylic acids is 1. The number of amides is 1. The second-order valence-electron chi connectivity index (χ2n) is 7.04. The van der Waals surface area contributed by atoms with E-state index in [-0.39, 0.29) is 17.8 Å². The Morgan fingerprint density at radius 3 is 2.80 bits per heavy atom. The molecular weight excluding hydrogens is 317 g/mol. The van der Waals surface area contributed by atoms with Gasteiger partial charge in [0.15, 0.2) is 0 Å². The van der Waals surface area contributed by atoms with E-state index in [4.69, 9.17) is 4.74 Å². The molecule has 130 valence electrons. The Bertz CT molecular complexity index is 800. The van der Waals surface area contributed by atoms with Crippen molar-refractivity contribution in [3.8, 4) is 11.1 Å². The normalized spacial score (nSPS) is 20.6. The lowest BCUT2D eigenvalue weighted by molar-refractivity contribution is -0.0313. The van der Waals surface area contributed by atoms with Crippen molar-refractivity contribution in [1.29, 1.82) is 0 Å². The van der Waals surface area contributed by atoms with Gasteiger partial charge in [-0.1, -0.05) is 18.2 Å². The zero-order chi connectivity index (χ0) is 17.4. The Kier molecular flexibility index (Phi) is 4.30. The third-order valence-corrected chi connectivity index (χ3v) is 5.14. The maximum Gasteiger partial charge on any atom is 0.254 e. The SMILES string of the molecule is Cc1cc(F)ccc1-c1cccc(C(=O)N2CCO[C@H](C3CC3)C2)c1. The number of ether oxygens (including phenoxy) is 1. The lowest BCUT2D eigenvalue weighted by Gasteiger charge is -2.33. The van der Waals surface area contributed by atoms with Crippen LogP contribution in [-0.4, -0.2) is 36.6 Å². The number of hydrogen-bond donors (Lipinski definition) is 0. The molecule has 4 heteroatoms. The molecule has 1 atom stereocenters. The number of carbonyl (C=O) groups is 1. The predicted octanol–water partition coefficient (Wildman–Crippen LogP) is 4.05. The van der Waals surface area contributed by atoms with Crippen molar-refractivity contribution in [2.45, 2.75) is 25.9 Å². The Labute approximate surface area is 147 Å². The second kappa shape index (κ2) is 6.60. The molecule has 0 bridgehead atoms. The zero-order valence-electron chi connectivity index (χ0n) is 14.4. The van der Waals surface area contributed by atoms with Gasteiger partial charge in [-0.05, 0) is 66.6 Å². The van der Waals surface area contributed by atoms with Crippen LogP contribution in [0.1, 0.15) is 28.8 Å². The van der Waals surface area contributed by atoms with Gasteiger partial charge >= 0.3 is 0 Å². The molecule has 0 unspecified atom stereocenters. The van der Waals surface area contributed by atoms with E-state index >= 15 is 0 Å². The van der Waals surface area contributed by atoms with Gasteiger partial charge < -0.3 is 9.64 Å². The molecule has 3 nitrogen and oxygen atoms in total. The first-order valence-corrected chi connectivity index (χ1v) is 8.89. The fraction of sp³-hybridized carbons (Fsp3) is 0.381. The monoisotopic (exact) mass is 339 g/mol. The summed E-state index contributed by atoms with van der Waals surface area (Å²) in [5.41, 5.74) is 3.44. The first-order valence-electron chi connectivity index (χ1n) is 8.89. The van der Waals surface area contributed by atoms with Crippen LogP contribution >= 0.6 is 0 Å². The van der Waals surface area contributed by atoms with Gasteiger partial charge in [0.25, 0.3) is 5.91 Å². The Balaban J connectivity index is 1.57. The first-order chi connectivity index (χ1) is 12.1. The zero-order valence-corrected chi connectivity index (χ0v) is 14.4. The van der Waals surface area contributed by atoms with E-state index in [2.05, 4.69) is 0 Å². The van der Waals surface area contributed by atoms with Crippen LogP contribution in [0, 0.1) is 18.7 Å². The molecular formula is C21H22FNO2. The van der Waals surface area contributed by atoms with E-state index in [9.17, 15) is 9.18 Å². The minimum absolute atomic E-state index is 0.0514. The maximum absolute atomic E-state index is 13.3. The minimum atomic E-state index is -0.243. The average Bonchev–Trinajstić information content (AvgIpc) is 3.46. The highest BCUT2D eigenvalue weighted by Crippen LogP contribution is 2.36. The lowest BCUT2D eigenvalue weighted by Crippen LogP contribution is -2.46. The van der Waals surface area contributed by atoms with Gasteiger partial charge in [0.05, 0.1) is 12.7 Å². The quantitative estimate of drug-likeness (QED) is 0.844. The Morgan fingerprint density at radius 2 is 2.04 bits per heavy atom. The van der Waals surface area contributed by atoms with Crippen molar-refractivity contribution in [3.05, 3.63) is 59.4 Å². The molecule has 4 rings (SSSR count). The van der Waals surface area contributed by atoms with E-state index in [1.54, 1.807) is 6.07 Å². The topological polar surface area (TPSA) is 29.5 Å². The summed E-state index contributed by atoms with van der Waals surface area (Å²) < 4.78 is 19.2. The summed E-state index contributed by atoms with van der Waals surface area (Å²) in [6.45, 7) is 3.82. The summed E-state index contributed by atoms with van der Waals surface area (Å²) in [7, 11) is 0. The summed E-state index contributed by atoms with van der Waals surface area (Å²) in [5, 5.41) is 0. The number of nitrogens with zero attached hydrogens (tertiary/aromatic N) is 1. The maximum atomic E-state index is 13.3. The van der Waals surface area contributed by atoms with Gasteiger partial charge in [0.2, 0.25) is 0 Å². The molecule has 1 saturated heterocycles. The molecule has 25 heavy (non-hydrogen) atoms. The van der Waals surface area contributed by atoms with E-state index in [0.29, 0.717) is 31.2 Å². The molecule has 0 radical (unpaired) electrons. The highest BCUT2D eigenvalue weighted by Gasteiger charge is 2.36. The number of hydrogen-bond acceptors (Lipinski definition) is 2. The molecule has 0 N–H and O–H groups in total. The van der Waals surface area contributed by atoms with Crippen LogP contribution in [0.15, 0.2) is 42.5 Å². The fourth-order valence-electron chi connectivity index (χ4n) is 3.57. The van der Waals surface area contributed by atoms with E-state index < -0.39 is 0 Å². The van der Waals surface area contributed by atoms with Crippen LogP contribution in [-0.2, 0) is 4.74 Å². The molecule has 2 aromatic carbocycles. The summed E-state index contributed by atoms with van der Waals surface area (Å²) in [6.07, 6.45) is 2.62. The van der Waals surface area contributed by atoms with E-state index in [0.717, 1.165) is 16.7 Å². The van der Waals surface area contributed by atoms with Crippen molar-refractivity contribution in [2.24, 2.45) is 5.92 Å². The summed E-state index contributed by atoms with van der Waals surface area (Å²) in [5.74, 6) is 0.437. The largest absolute Gasteiger partial charge is 0.374 e. The van der Waals surface area contributed by atoms with Crippen molar-refractivity contribution >= 4 is 5.91 Å². The van der Waals surface area contributed by atoms with Gasteiger partial charge in [-0.25, -0.2) is 4.39 Å². The third kappa shape index (κ3) is 3.45. The highest BCUT2D eigenvalue weighted by atomic mass is 19.1. The first kappa shape index (κ1) is 16.3. The number of morpholine rings is 1. The average molecular weight is 339 g/mol. The van der Waals surface area contributed by atoms with Crippen molar-refractivity contribution < 1.29 is 13.9 Å². The fourth-order valence-corrected chi connectivity index (χ4v) is 3.57. The molecule has 0 spiro atoms. The second-order valence-corrected chi connectivity index (χ2v) is 7.04. The molecule has 0 aromatic heterocycles. The van der Waals surface area contributed by atoms with Crippen LogP contribution in [0.25, 0.3) is 11.1 Å². The van der Waals surface area contributed by atoms with Gasteiger partial charge in [-0.15, -0.1) is 0 Å². The van der Waals surface area contributed by atoms with Crippen molar-refractivity contribution in [2.75, 3.05) is 19.7 Å². The lowest BCUT2D eigenvalue weighted by atomic mass is 9.98. The molecule has 1 amide bonds. The number of rotatable bonds is 3. The van der Waals surface area contributed by atoms with Crippen molar-refractivity contribution in [1.82, 2.24) is 4.90 Å². The standard InChI is InChI=1S/C21H22FNO2/c1-14-11-18(22)7-8-19(14)16-3-2-4-17(12-16)21(24)23-9-10-25-20(13-23)15-5-6-15/h2-4,7-8,11-12,15,20H,5-6,9-10,13H2,1H3/t20-/m0/s1. The Morgan fingerprint density at radius 1 is 1.20 bits per heavy atom. The molecule has 2 aromatic rings. The molecule has 1 saturated carbocycles.